The topological polar surface area (TPSA) is 128 Å². The number of hydrogen-bond acceptors (Lipinski definition) is 7. The maximum atomic E-state index is 12.6. The first-order chi connectivity index (χ1) is 14.1. The third-order valence-electron chi connectivity index (χ3n) is 4.51. The molecule has 3 aromatic heterocycles. The smallest absolute Gasteiger partial charge is 0.354 e. The number of benzene rings is 1. The van der Waals surface area contributed by atoms with E-state index in [1.54, 1.807) is 37.3 Å². The molecule has 0 aliphatic heterocycles. The fourth-order valence-corrected chi connectivity index (χ4v) is 3.64. The Balaban J connectivity index is 1.44. The van der Waals surface area contributed by atoms with E-state index >= 15 is 0 Å². The molecule has 3 heterocycles. The second-order valence-electron chi connectivity index (χ2n) is 6.34. The summed E-state index contributed by atoms with van der Waals surface area (Å²) in [6, 6.07) is 10.6. The Hall–Kier alpha value is -3.60. The number of H-pyrrole nitrogens is 1. The van der Waals surface area contributed by atoms with Crippen molar-refractivity contribution in [2.45, 2.75) is 19.4 Å². The SMILES string of the molecule is C[C@@H](C(=O)NCCn1nnn(-c2cccs2)c1=O)c1n[nH]c(=O)c2ccccc12. The van der Waals surface area contributed by atoms with Crippen LogP contribution >= 0.6 is 11.3 Å². The molecule has 1 aromatic carbocycles. The van der Waals surface area contributed by atoms with Crippen LogP contribution in [0.15, 0.2) is 51.4 Å². The first-order valence-electron chi connectivity index (χ1n) is 8.88. The zero-order valence-corrected chi connectivity index (χ0v) is 16.2. The average molecular weight is 411 g/mol. The molecule has 0 spiro atoms. The number of fused-ring (bicyclic) bond motifs is 1. The normalized spacial score (nSPS) is 12.2. The van der Waals surface area contributed by atoms with E-state index in [9.17, 15) is 14.4 Å². The van der Waals surface area contributed by atoms with E-state index in [-0.39, 0.29) is 30.2 Å². The zero-order valence-electron chi connectivity index (χ0n) is 15.4. The van der Waals surface area contributed by atoms with Gasteiger partial charge in [-0.25, -0.2) is 9.89 Å². The molecule has 148 valence electrons. The largest absolute Gasteiger partial charge is 0.369 e. The van der Waals surface area contributed by atoms with Crippen molar-refractivity contribution in [3.8, 4) is 5.00 Å². The van der Waals surface area contributed by atoms with Crippen molar-refractivity contribution in [3.63, 3.8) is 0 Å². The number of tetrazole rings is 1. The summed E-state index contributed by atoms with van der Waals surface area (Å²) in [6.07, 6.45) is 0. The highest BCUT2D eigenvalue weighted by Gasteiger charge is 2.20. The summed E-state index contributed by atoms with van der Waals surface area (Å²) in [4.78, 5) is 36.8. The first kappa shape index (κ1) is 18.7. The summed E-state index contributed by atoms with van der Waals surface area (Å²) in [7, 11) is 0. The predicted molar refractivity (Wildman–Crippen MR) is 107 cm³/mol. The standard InChI is InChI=1S/C18H17N7O3S/c1-11(15-12-5-2-3-6-13(12)17(27)21-20-15)16(26)19-8-9-24-18(28)25(23-22-24)14-7-4-10-29-14/h2-7,10-11H,8-9H2,1H3,(H,19,26)(H,21,27)/t11-/m1/s1. The number of aromatic amines is 1. The zero-order chi connectivity index (χ0) is 20.4. The molecule has 10 nitrogen and oxygen atoms in total. The summed E-state index contributed by atoms with van der Waals surface area (Å²) in [6.45, 7) is 2.09. The van der Waals surface area contributed by atoms with Crippen LogP contribution in [0.1, 0.15) is 18.5 Å². The van der Waals surface area contributed by atoms with Crippen molar-refractivity contribution >= 4 is 28.0 Å². The van der Waals surface area contributed by atoms with E-state index in [1.165, 1.54) is 20.7 Å². The molecule has 4 rings (SSSR count). The summed E-state index contributed by atoms with van der Waals surface area (Å²) in [5, 5.41) is 20.6. The van der Waals surface area contributed by atoms with Crippen molar-refractivity contribution in [3.05, 3.63) is 68.3 Å². The van der Waals surface area contributed by atoms with E-state index in [0.29, 0.717) is 21.5 Å². The minimum atomic E-state index is -0.588. The van der Waals surface area contributed by atoms with Gasteiger partial charge in [0.25, 0.3) is 5.56 Å². The molecule has 0 radical (unpaired) electrons. The first-order valence-corrected chi connectivity index (χ1v) is 9.76. The number of aromatic nitrogens is 6. The van der Waals surface area contributed by atoms with Gasteiger partial charge in [-0.2, -0.15) is 14.5 Å². The second kappa shape index (κ2) is 7.80. The Morgan fingerprint density at radius 3 is 2.72 bits per heavy atom. The molecule has 2 N–H and O–H groups in total. The van der Waals surface area contributed by atoms with Gasteiger partial charge in [0.2, 0.25) is 5.91 Å². The molecule has 0 saturated heterocycles. The minimum absolute atomic E-state index is 0.183. The van der Waals surface area contributed by atoms with Crippen molar-refractivity contribution in [1.29, 1.82) is 0 Å². The van der Waals surface area contributed by atoms with Crippen LogP contribution in [0.25, 0.3) is 15.8 Å². The number of hydrogen-bond donors (Lipinski definition) is 2. The maximum Gasteiger partial charge on any atom is 0.369 e. The lowest BCUT2D eigenvalue weighted by Gasteiger charge is -2.13. The van der Waals surface area contributed by atoms with Gasteiger partial charge in [-0.1, -0.05) is 18.2 Å². The third kappa shape index (κ3) is 3.59. The molecule has 0 fully saturated rings. The van der Waals surface area contributed by atoms with Crippen LogP contribution in [0, 0.1) is 0 Å². The van der Waals surface area contributed by atoms with Crippen molar-refractivity contribution in [2.75, 3.05) is 6.54 Å². The van der Waals surface area contributed by atoms with Gasteiger partial charge < -0.3 is 5.32 Å². The fraction of sp³-hybridized carbons (Fsp3) is 0.222. The molecule has 0 aliphatic carbocycles. The van der Waals surface area contributed by atoms with Gasteiger partial charge in [0.1, 0.15) is 5.00 Å². The van der Waals surface area contributed by atoms with Gasteiger partial charge in [0.05, 0.1) is 23.5 Å². The van der Waals surface area contributed by atoms with E-state index in [0.717, 1.165) is 0 Å². The van der Waals surface area contributed by atoms with Crippen LogP contribution in [-0.2, 0) is 11.3 Å². The molecule has 29 heavy (non-hydrogen) atoms. The Kier molecular flexibility index (Phi) is 5.04. The van der Waals surface area contributed by atoms with Crippen LogP contribution in [0.4, 0.5) is 0 Å². The van der Waals surface area contributed by atoms with Gasteiger partial charge in [-0.05, 0) is 40.9 Å². The lowest BCUT2D eigenvalue weighted by molar-refractivity contribution is -0.122. The van der Waals surface area contributed by atoms with Crippen LogP contribution in [-0.4, -0.2) is 42.4 Å². The lowest BCUT2D eigenvalue weighted by atomic mass is 10.0. The number of nitrogens with zero attached hydrogens (tertiary/aromatic N) is 5. The molecule has 0 aliphatic rings. The summed E-state index contributed by atoms with van der Waals surface area (Å²) in [5.41, 5.74) is -0.188. The van der Waals surface area contributed by atoms with Gasteiger partial charge in [0, 0.05) is 11.9 Å². The quantitative estimate of drug-likeness (QED) is 0.479. The van der Waals surface area contributed by atoms with Crippen LogP contribution in [0.2, 0.25) is 0 Å². The van der Waals surface area contributed by atoms with Crippen molar-refractivity contribution in [2.24, 2.45) is 0 Å². The molecule has 0 saturated carbocycles. The predicted octanol–water partition coefficient (Wildman–Crippen LogP) is 0.647. The molecular formula is C18H17N7O3S. The number of amides is 1. The van der Waals surface area contributed by atoms with Gasteiger partial charge in [-0.15, -0.1) is 11.3 Å². The molecular weight excluding hydrogens is 394 g/mol. The highest BCUT2D eigenvalue weighted by Crippen LogP contribution is 2.20. The Morgan fingerprint density at radius 2 is 1.97 bits per heavy atom. The summed E-state index contributed by atoms with van der Waals surface area (Å²) >= 11 is 1.38. The molecule has 1 atom stereocenters. The highest BCUT2D eigenvalue weighted by molar-refractivity contribution is 7.12. The number of carbonyl (C=O) groups is 1. The minimum Gasteiger partial charge on any atom is -0.354 e. The van der Waals surface area contributed by atoms with Crippen LogP contribution in [0.5, 0.6) is 0 Å². The average Bonchev–Trinajstić information content (AvgIpc) is 3.38. The number of carbonyl (C=O) groups excluding carboxylic acids is 1. The lowest BCUT2D eigenvalue weighted by Crippen LogP contribution is -2.34. The molecule has 11 heteroatoms. The van der Waals surface area contributed by atoms with E-state index < -0.39 is 5.92 Å². The van der Waals surface area contributed by atoms with E-state index in [4.69, 9.17) is 0 Å². The van der Waals surface area contributed by atoms with Gasteiger partial charge in [0.15, 0.2) is 0 Å². The van der Waals surface area contributed by atoms with Gasteiger partial charge in [-0.3, -0.25) is 9.59 Å². The highest BCUT2D eigenvalue weighted by atomic mass is 32.1. The Labute approximate surface area is 167 Å². The molecule has 0 bridgehead atoms. The number of nitrogens with one attached hydrogen (secondary N) is 2. The molecule has 0 unspecified atom stereocenters. The second-order valence-corrected chi connectivity index (χ2v) is 7.27. The van der Waals surface area contributed by atoms with Gasteiger partial charge >= 0.3 is 5.69 Å². The third-order valence-corrected chi connectivity index (χ3v) is 5.35. The molecule has 4 aromatic rings. The number of rotatable bonds is 6. The fourth-order valence-electron chi connectivity index (χ4n) is 2.97. The molecule has 1 amide bonds. The van der Waals surface area contributed by atoms with Crippen molar-refractivity contribution < 1.29 is 4.79 Å². The maximum absolute atomic E-state index is 12.6. The van der Waals surface area contributed by atoms with Crippen molar-refractivity contribution in [1.82, 2.24) is 35.3 Å². The van der Waals surface area contributed by atoms with E-state index in [2.05, 4.69) is 25.9 Å². The van der Waals surface area contributed by atoms with Crippen LogP contribution in [0.3, 0.4) is 0 Å². The van der Waals surface area contributed by atoms with Crippen LogP contribution < -0.4 is 16.6 Å². The monoisotopic (exact) mass is 411 g/mol. The Bertz CT molecular complexity index is 1270. The Morgan fingerprint density at radius 1 is 1.17 bits per heavy atom. The summed E-state index contributed by atoms with van der Waals surface area (Å²) < 4.78 is 2.41. The van der Waals surface area contributed by atoms with E-state index in [1.807, 2.05) is 11.4 Å². The number of thiophene rings is 1. The summed E-state index contributed by atoms with van der Waals surface area (Å²) in [5.74, 6) is -0.858.